The van der Waals surface area contributed by atoms with Crippen LogP contribution in [0, 0.1) is 0 Å². The fourth-order valence-electron chi connectivity index (χ4n) is 1.79. The molecule has 1 aliphatic rings. The molecule has 0 saturated heterocycles. The lowest BCUT2D eigenvalue weighted by atomic mass is 10.1. The van der Waals surface area contributed by atoms with E-state index in [1.165, 1.54) is 0 Å². The molecular weight excluding hydrogens is 354 g/mol. The predicted octanol–water partition coefficient (Wildman–Crippen LogP) is 1.81. The van der Waals surface area contributed by atoms with Gasteiger partial charge in [0.15, 0.2) is 11.3 Å². The first kappa shape index (κ1) is 16.0. The Morgan fingerprint density at radius 1 is 1.27 bits per heavy atom. The molecule has 6 nitrogen and oxygen atoms in total. The number of carbonyl (C=O) groups excluding carboxylic acids is 3. The van der Waals surface area contributed by atoms with Crippen molar-refractivity contribution in [1.29, 1.82) is 0 Å². The molecular formula is C15H12BrNO5. The van der Waals surface area contributed by atoms with Gasteiger partial charge in [0.2, 0.25) is 17.4 Å². The SMILES string of the molecule is CCOC(=O)C1=C(N)O/C(=C(\Br)C(=O)c2ccccc2)C1=O. The van der Waals surface area contributed by atoms with Crippen LogP contribution in [0.25, 0.3) is 0 Å². The first-order valence-electron chi connectivity index (χ1n) is 6.36. The highest BCUT2D eigenvalue weighted by molar-refractivity contribution is 9.12. The third-order valence-corrected chi connectivity index (χ3v) is 3.53. The van der Waals surface area contributed by atoms with Crippen molar-refractivity contribution < 1.29 is 23.9 Å². The average Bonchev–Trinajstić information content (AvgIpc) is 2.81. The lowest BCUT2D eigenvalue weighted by molar-refractivity contribution is -0.139. The van der Waals surface area contributed by atoms with Crippen molar-refractivity contribution in [2.75, 3.05) is 6.61 Å². The normalized spacial score (nSPS) is 16.4. The Morgan fingerprint density at radius 2 is 1.91 bits per heavy atom. The molecule has 1 aromatic carbocycles. The van der Waals surface area contributed by atoms with Gasteiger partial charge in [0.05, 0.1) is 6.61 Å². The van der Waals surface area contributed by atoms with E-state index in [0.717, 1.165) is 0 Å². The zero-order chi connectivity index (χ0) is 16.3. The maximum absolute atomic E-state index is 12.3. The van der Waals surface area contributed by atoms with Crippen molar-refractivity contribution in [3.8, 4) is 0 Å². The molecule has 0 atom stereocenters. The standard InChI is InChI=1S/C15H12BrNO5/c1-2-21-15(20)9-12(19)13(22-14(9)17)10(16)11(18)8-6-4-3-5-7-8/h3-7H,2,17H2,1H3/b13-10-. The molecule has 0 bridgehead atoms. The molecule has 1 aromatic rings. The summed E-state index contributed by atoms with van der Waals surface area (Å²) >= 11 is 3.04. The van der Waals surface area contributed by atoms with E-state index in [0.29, 0.717) is 5.56 Å². The summed E-state index contributed by atoms with van der Waals surface area (Å²) in [5.74, 6) is -2.83. The summed E-state index contributed by atoms with van der Waals surface area (Å²) < 4.78 is 9.71. The second-order valence-electron chi connectivity index (χ2n) is 4.23. The Balaban J connectivity index is 2.33. The van der Waals surface area contributed by atoms with Crippen LogP contribution in [-0.4, -0.2) is 24.1 Å². The number of allylic oxidation sites excluding steroid dienone is 2. The molecule has 22 heavy (non-hydrogen) atoms. The van der Waals surface area contributed by atoms with Gasteiger partial charge in [-0.3, -0.25) is 9.59 Å². The number of carbonyl (C=O) groups is 3. The minimum Gasteiger partial charge on any atom is -0.462 e. The van der Waals surface area contributed by atoms with Gasteiger partial charge in [-0.1, -0.05) is 30.3 Å². The van der Waals surface area contributed by atoms with Crippen molar-refractivity contribution in [2.45, 2.75) is 6.92 Å². The second-order valence-corrected chi connectivity index (χ2v) is 5.02. The summed E-state index contributed by atoms with van der Waals surface area (Å²) in [4.78, 5) is 36.2. The lowest BCUT2D eigenvalue weighted by Crippen LogP contribution is -2.16. The fraction of sp³-hybridized carbons (Fsp3) is 0.133. The fourth-order valence-corrected chi connectivity index (χ4v) is 2.28. The molecule has 0 spiro atoms. The largest absolute Gasteiger partial charge is 0.462 e. The van der Waals surface area contributed by atoms with Crippen LogP contribution < -0.4 is 5.73 Å². The molecule has 1 aliphatic heterocycles. The summed E-state index contributed by atoms with van der Waals surface area (Å²) in [6, 6.07) is 8.31. The molecule has 114 valence electrons. The molecule has 7 heteroatoms. The van der Waals surface area contributed by atoms with Crippen LogP contribution in [0.15, 0.2) is 52.0 Å². The number of hydrogen-bond acceptors (Lipinski definition) is 6. The third kappa shape index (κ3) is 2.94. The zero-order valence-corrected chi connectivity index (χ0v) is 13.2. The molecule has 0 aliphatic carbocycles. The van der Waals surface area contributed by atoms with Crippen molar-refractivity contribution in [1.82, 2.24) is 0 Å². The highest BCUT2D eigenvalue weighted by atomic mass is 79.9. The molecule has 0 radical (unpaired) electrons. The number of ketones is 2. The number of ether oxygens (including phenoxy) is 2. The predicted molar refractivity (Wildman–Crippen MR) is 80.7 cm³/mol. The van der Waals surface area contributed by atoms with Gasteiger partial charge in [0, 0.05) is 5.56 Å². The van der Waals surface area contributed by atoms with Crippen LogP contribution in [-0.2, 0) is 19.1 Å². The molecule has 0 saturated carbocycles. The van der Waals surface area contributed by atoms with E-state index >= 15 is 0 Å². The first-order chi connectivity index (χ1) is 10.5. The third-order valence-electron chi connectivity index (χ3n) is 2.81. The van der Waals surface area contributed by atoms with Crippen molar-refractivity contribution in [2.24, 2.45) is 5.73 Å². The van der Waals surface area contributed by atoms with Crippen LogP contribution in [0.5, 0.6) is 0 Å². The Morgan fingerprint density at radius 3 is 2.50 bits per heavy atom. The quantitative estimate of drug-likeness (QED) is 0.378. The van der Waals surface area contributed by atoms with Gasteiger partial charge in [-0.05, 0) is 22.9 Å². The second kappa shape index (κ2) is 6.57. The number of nitrogens with two attached hydrogens (primary N) is 1. The van der Waals surface area contributed by atoms with Crippen LogP contribution in [0.1, 0.15) is 17.3 Å². The van der Waals surface area contributed by atoms with E-state index in [1.54, 1.807) is 37.3 Å². The molecule has 0 unspecified atom stereocenters. The monoisotopic (exact) mass is 365 g/mol. The topological polar surface area (TPSA) is 95.7 Å². The minimum atomic E-state index is -0.882. The Kier molecular flexibility index (Phi) is 4.77. The van der Waals surface area contributed by atoms with Gasteiger partial charge in [0.25, 0.3) is 0 Å². The summed E-state index contributed by atoms with van der Waals surface area (Å²) in [7, 11) is 0. The minimum absolute atomic E-state index is 0.0893. The van der Waals surface area contributed by atoms with Gasteiger partial charge in [-0.15, -0.1) is 0 Å². The van der Waals surface area contributed by atoms with Gasteiger partial charge >= 0.3 is 5.97 Å². The summed E-state index contributed by atoms with van der Waals surface area (Å²) in [6.45, 7) is 1.69. The van der Waals surface area contributed by atoms with Crippen molar-refractivity contribution >= 4 is 33.5 Å². The summed E-state index contributed by atoms with van der Waals surface area (Å²) in [5, 5.41) is 0. The number of rotatable bonds is 4. The number of benzene rings is 1. The van der Waals surface area contributed by atoms with Crippen LogP contribution in [0.2, 0.25) is 0 Å². The van der Waals surface area contributed by atoms with Gasteiger partial charge in [0.1, 0.15) is 4.48 Å². The number of Topliss-reactive ketones (excluding diaryl/α,β-unsaturated/α-hetero) is 2. The zero-order valence-electron chi connectivity index (χ0n) is 11.6. The van der Waals surface area contributed by atoms with Crippen LogP contribution in [0.4, 0.5) is 0 Å². The van der Waals surface area contributed by atoms with Crippen molar-refractivity contribution in [3.63, 3.8) is 0 Å². The van der Waals surface area contributed by atoms with E-state index in [-0.39, 0.29) is 22.7 Å². The lowest BCUT2D eigenvalue weighted by Gasteiger charge is -2.03. The number of halogens is 1. The van der Waals surface area contributed by atoms with Crippen LogP contribution in [0.3, 0.4) is 0 Å². The van der Waals surface area contributed by atoms with E-state index in [4.69, 9.17) is 15.2 Å². The van der Waals surface area contributed by atoms with Gasteiger partial charge in [-0.2, -0.15) is 0 Å². The number of esters is 1. The Hall–Kier alpha value is -2.41. The highest BCUT2D eigenvalue weighted by Gasteiger charge is 2.38. The smallest absolute Gasteiger partial charge is 0.347 e. The first-order valence-corrected chi connectivity index (χ1v) is 7.15. The van der Waals surface area contributed by atoms with Crippen LogP contribution >= 0.6 is 15.9 Å². The van der Waals surface area contributed by atoms with Gasteiger partial charge in [-0.25, -0.2) is 4.79 Å². The Labute approximate surface area is 134 Å². The molecule has 2 rings (SSSR count). The molecule has 1 heterocycles. The average molecular weight is 366 g/mol. The van der Waals surface area contributed by atoms with E-state index in [1.807, 2.05) is 0 Å². The maximum Gasteiger partial charge on any atom is 0.347 e. The van der Waals surface area contributed by atoms with E-state index in [2.05, 4.69) is 15.9 Å². The highest BCUT2D eigenvalue weighted by Crippen LogP contribution is 2.29. The van der Waals surface area contributed by atoms with E-state index < -0.39 is 23.1 Å². The molecule has 0 aromatic heterocycles. The van der Waals surface area contributed by atoms with Gasteiger partial charge < -0.3 is 15.2 Å². The molecule has 0 fully saturated rings. The summed E-state index contributed by atoms with van der Waals surface area (Å²) in [6.07, 6.45) is 0. The summed E-state index contributed by atoms with van der Waals surface area (Å²) in [5.41, 5.74) is 5.49. The maximum atomic E-state index is 12.3. The van der Waals surface area contributed by atoms with E-state index in [9.17, 15) is 14.4 Å². The Bertz CT molecular complexity index is 706. The number of hydrogen-bond donors (Lipinski definition) is 1. The molecule has 0 amide bonds. The molecule has 2 N–H and O–H groups in total. The van der Waals surface area contributed by atoms with Crippen molar-refractivity contribution in [3.05, 3.63) is 57.6 Å².